The summed E-state index contributed by atoms with van der Waals surface area (Å²) in [6.45, 7) is 13.2. The minimum atomic E-state index is -0.180. The average Bonchev–Trinajstić information content (AvgIpc) is 3.07. The van der Waals surface area contributed by atoms with Crippen molar-refractivity contribution in [1.29, 1.82) is 0 Å². The first kappa shape index (κ1) is 24.0. The fourth-order valence-electron chi connectivity index (χ4n) is 3.95. The zero-order chi connectivity index (χ0) is 23.5. The highest BCUT2D eigenvalue weighted by Crippen LogP contribution is 2.29. The van der Waals surface area contributed by atoms with Gasteiger partial charge >= 0.3 is 0 Å². The first-order valence-corrected chi connectivity index (χ1v) is 11.9. The highest BCUT2D eigenvalue weighted by molar-refractivity contribution is 5.94. The molecule has 1 aliphatic carbocycles. The molecule has 1 N–H and O–H groups in total. The first-order valence-electron chi connectivity index (χ1n) is 11.9. The van der Waals surface area contributed by atoms with Gasteiger partial charge in [0.15, 0.2) is 0 Å². The monoisotopic (exact) mass is 438 g/mol. The molecule has 6 nitrogen and oxygen atoms in total. The number of aromatic nitrogens is 2. The predicted octanol–water partition coefficient (Wildman–Crippen LogP) is 5.15. The van der Waals surface area contributed by atoms with Crippen molar-refractivity contribution in [2.24, 2.45) is 5.92 Å². The van der Waals surface area contributed by atoms with E-state index in [0.717, 1.165) is 49.0 Å². The summed E-state index contributed by atoms with van der Waals surface area (Å²) in [4.78, 5) is 27.6. The largest absolute Gasteiger partial charge is 0.333 e. The van der Waals surface area contributed by atoms with Crippen molar-refractivity contribution in [1.82, 2.24) is 14.7 Å². The first-order chi connectivity index (χ1) is 15.1. The summed E-state index contributed by atoms with van der Waals surface area (Å²) in [5.41, 5.74) is 3.96. The van der Waals surface area contributed by atoms with Crippen LogP contribution < -0.4 is 5.32 Å². The summed E-state index contributed by atoms with van der Waals surface area (Å²) in [5, 5.41) is 7.88. The Morgan fingerprint density at radius 3 is 2.47 bits per heavy atom. The highest BCUT2D eigenvalue weighted by atomic mass is 16.2. The fraction of sp³-hybridized carbons (Fsp3) is 0.577. The van der Waals surface area contributed by atoms with Gasteiger partial charge in [0.1, 0.15) is 5.82 Å². The number of amides is 2. The SMILES string of the molecule is CCCCN(CC(=O)Nc1cc(C(C)(C)C)nn1-c1ccc(C)cc1C)C(=O)C1CCC1. The maximum Gasteiger partial charge on any atom is 0.245 e. The molecule has 0 radical (unpaired) electrons. The lowest BCUT2D eigenvalue weighted by Gasteiger charge is -2.31. The number of hydrogen-bond acceptors (Lipinski definition) is 3. The van der Waals surface area contributed by atoms with Gasteiger partial charge in [-0.25, -0.2) is 4.68 Å². The van der Waals surface area contributed by atoms with E-state index in [9.17, 15) is 9.59 Å². The second-order valence-corrected chi connectivity index (χ2v) is 10.2. The number of carbonyl (C=O) groups is 2. The molecule has 1 heterocycles. The lowest BCUT2D eigenvalue weighted by atomic mass is 9.84. The number of rotatable bonds is 8. The van der Waals surface area contributed by atoms with Crippen LogP contribution in [0.5, 0.6) is 0 Å². The Labute approximate surface area is 192 Å². The van der Waals surface area contributed by atoms with Gasteiger partial charge in [0.2, 0.25) is 11.8 Å². The topological polar surface area (TPSA) is 67.2 Å². The van der Waals surface area contributed by atoms with Crippen molar-refractivity contribution in [2.45, 2.75) is 79.1 Å². The Bertz CT molecular complexity index is 967. The second-order valence-electron chi connectivity index (χ2n) is 10.2. The molecule has 0 unspecified atom stereocenters. The number of aryl methyl sites for hydroxylation is 2. The number of benzene rings is 1. The van der Waals surface area contributed by atoms with Crippen LogP contribution in [0.2, 0.25) is 0 Å². The molecule has 3 rings (SSSR count). The Morgan fingerprint density at radius 1 is 1.19 bits per heavy atom. The van der Waals surface area contributed by atoms with Crippen LogP contribution in [0.15, 0.2) is 24.3 Å². The van der Waals surface area contributed by atoms with Gasteiger partial charge in [-0.1, -0.05) is 58.2 Å². The second kappa shape index (κ2) is 9.88. The molecule has 174 valence electrons. The van der Waals surface area contributed by atoms with E-state index in [4.69, 9.17) is 5.10 Å². The number of nitrogens with zero attached hydrogens (tertiary/aromatic N) is 3. The van der Waals surface area contributed by atoms with Crippen molar-refractivity contribution >= 4 is 17.6 Å². The normalized spacial score (nSPS) is 14.2. The van der Waals surface area contributed by atoms with Gasteiger partial charge in [-0.3, -0.25) is 9.59 Å². The van der Waals surface area contributed by atoms with Gasteiger partial charge in [-0.2, -0.15) is 5.10 Å². The molecule has 0 atom stereocenters. The molecule has 6 heteroatoms. The van der Waals surface area contributed by atoms with Gasteiger partial charge in [-0.15, -0.1) is 0 Å². The maximum absolute atomic E-state index is 13.1. The molecule has 0 spiro atoms. The van der Waals surface area contributed by atoms with Crippen LogP contribution >= 0.6 is 0 Å². The standard InChI is InChI=1S/C26H38N4O2/c1-7-8-14-29(25(32)20-10-9-11-20)17-24(31)27-23-16-22(26(4,5)6)28-30(23)21-13-12-18(2)15-19(21)3/h12-13,15-16,20H,7-11,14,17H2,1-6H3,(H,27,31). The molecule has 1 aliphatic rings. The zero-order valence-electron chi connectivity index (χ0n) is 20.5. The molecule has 0 saturated heterocycles. The molecule has 2 amide bonds. The van der Waals surface area contributed by atoms with E-state index >= 15 is 0 Å². The number of anilines is 1. The van der Waals surface area contributed by atoms with Gasteiger partial charge < -0.3 is 10.2 Å². The Balaban J connectivity index is 1.85. The molecule has 1 fully saturated rings. The summed E-state index contributed by atoms with van der Waals surface area (Å²) in [7, 11) is 0. The number of carbonyl (C=O) groups excluding carboxylic acids is 2. The van der Waals surface area contributed by atoms with Crippen LogP contribution in [0.4, 0.5) is 5.82 Å². The summed E-state index contributed by atoms with van der Waals surface area (Å²) in [6.07, 6.45) is 4.88. The summed E-state index contributed by atoms with van der Waals surface area (Å²) in [6, 6.07) is 8.15. The smallest absolute Gasteiger partial charge is 0.245 e. The van der Waals surface area contributed by atoms with Gasteiger partial charge in [-0.05, 0) is 44.7 Å². The molecular formula is C26H38N4O2. The van der Waals surface area contributed by atoms with E-state index in [1.165, 1.54) is 5.56 Å². The highest BCUT2D eigenvalue weighted by Gasteiger charge is 2.30. The van der Waals surface area contributed by atoms with Crippen molar-refractivity contribution in [2.75, 3.05) is 18.4 Å². The predicted molar refractivity (Wildman–Crippen MR) is 129 cm³/mol. The van der Waals surface area contributed by atoms with E-state index in [0.29, 0.717) is 12.4 Å². The maximum atomic E-state index is 13.1. The summed E-state index contributed by atoms with van der Waals surface area (Å²) >= 11 is 0. The molecule has 2 aromatic rings. The lowest BCUT2D eigenvalue weighted by Crippen LogP contribution is -2.43. The van der Waals surface area contributed by atoms with E-state index in [1.54, 1.807) is 4.90 Å². The zero-order valence-corrected chi connectivity index (χ0v) is 20.5. The minimum Gasteiger partial charge on any atom is -0.333 e. The van der Waals surface area contributed by atoms with Crippen molar-refractivity contribution < 1.29 is 9.59 Å². The number of nitrogens with one attached hydrogen (secondary N) is 1. The number of unbranched alkanes of at least 4 members (excludes halogenated alkanes) is 1. The van der Waals surface area contributed by atoms with Crippen LogP contribution in [0.3, 0.4) is 0 Å². The Morgan fingerprint density at radius 2 is 1.91 bits per heavy atom. The van der Waals surface area contributed by atoms with Crippen LogP contribution in [0, 0.1) is 19.8 Å². The van der Waals surface area contributed by atoms with E-state index in [1.807, 2.05) is 16.8 Å². The van der Waals surface area contributed by atoms with Gasteiger partial charge in [0.25, 0.3) is 0 Å². The lowest BCUT2D eigenvalue weighted by molar-refractivity contribution is -0.140. The van der Waals surface area contributed by atoms with Gasteiger partial charge in [0.05, 0.1) is 17.9 Å². The Kier molecular flexibility index (Phi) is 7.42. The van der Waals surface area contributed by atoms with Crippen molar-refractivity contribution in [3.05, 3.63) is 41.1 Å². The molecule has 0 aliphatic heterocycles. The minimum absolute atomic E-state index is 0.0816. The van der Waals surface area contributed by atoms with Crippen LogP contribution in [0.25, 0.3) is 5.69 Å². The molecular weight excluding hydrogens is 400 g/mol. The van der Waals surface area contributed by atoms with E-state index < -0.39 is 0 Å². The molecule has 0 bridgehead atoms. The number of hydrogen-bond donors (Lipinski definition) is 1. The van der Waals surface area contributed by atoms with Crippen LogP contribution in [-0.2, 0) is 15.0 Å². The molecule has 1 aromatic heterocycles. The third-order valence-electron chi connectivity index (χ3n) is 6.21. The molecule has 1 saturated carbocycles. The molecule has 32 heavy (non-hydrogen) atoms. The van der Waals surface area contributed by atoms with Gasteiger partial charge in [0, 0.05) is 23.9 Å². The van der Waals surface area contributed by atoms with E-state index in [2.05, 4.69) is 59.0 Å². The average molecular weight is 439 g/mol. The van der Waals surface area contributed by atoms with E-state index in [-0.39, 0.29) is 29.7 Å². The van der Waals surface area contributed by atoms with Crippen molar-refractivity contribution in [3.63, 3.8) is 0 Å². The van der Waals surface area contributed by atoms with Crippen LogP contribution in [0.1, 0.15) is 76.6 Å². The quantitative estimate of drug-likeness (QED) is 0.619. The third kappa shape index (κ3) is 5.59. The summed E-state index contributed by atoms with van der Waals surface area (Å²) < 4.78 is 1.82. The Hall–Kier alpha value is -2.63. The molecule has 1 aromatic carbocycles. The van der Waals surface area contributed by atoms with Crippen molar-refractivity contribution in [3.8, 4) is 5.69 Å². The summed E-state index contributed by atoms with van der Waals surface area (Å²) in [5.74, 6) is 0.671. The van der Waals surface area contributed by atoms with Crippen LogP contribution in [-0.4, -0.2) is 39.6 Å². The fourth-order valence-corrected chi connectivity index (χ4v) is 3.95. The third-order valence-corrected chi connectivity index (χ3v) is 6.21.